The first-order valence-corrected chi connectivity index (χ1v) is 7.44. The minimum Gasteiger partial charge on any atom is -0.496 e. The molecule has 0 aromatic rings. The molecule has 0 saturated heterocycles. The molecule has 0 aliphatic carbocycles. The average molecular weight is 308 g/mol. The summed E-state index contributed by atoms with van der Waals surface area (Å²) in [5, 5.41) is 0. The maximum Gasteiger partial charge on any atom is 0.445 e. The van der Waals surface area contributed by atoms with Gasteiger partial charge in [0.15, 0.2) is 5.92 Å². The Bertz CT molecular complexity index is 577. The SMILES string of the molecule is CCOCCN1C(=O)C2C(OCC)=C(C)C=NC2=[N+](C)C1=O. The Kier molecular flexibility index (Phi) is 5.07. The van der Waals surface area contributed by atoms with E-state index >= 15 is 0 Å². The molecule has 1 unspecified atom stereocenters. The van der Waals surface area contributed by atoms with E-state index in [-0.39, 0.29) is 18.5 Å². The van der Waals surface area contributed by atoms with Gasteiger partial charge in [-0.05, 0) is 20.8 Å². The second-order valence-electron chi connectivity index (χ2n) is 5.06. The van der Waals surface area contributed by atoms with E-state index in [1.807, 2.05) is 20.8 Å². The molecule has 7 heteroatoms. The number of aliphatic imine (C=N–C) groups is 1. The van der Waals surface area contributed by atoms with Crippen LogP contribution in [-0.2, 0) is 14.3 Å². The number of hydrogen-bond acceptors (Lipinski definition) is 5. The van der Waals surface area contributed by atoms with E-state index in [0.717, 1.165) is 5.57 Å². The third kappa shape index (κ3) is 2.81. The summed E-state index contributed by atoms with van der Waals surface area (Å²) >= 11 is 0. The average Bonchev–Trinajstić information content (AvgIpc) is 2.50. The van der Waals surface area contributed by atoms with Crippen molar-refractivity contribution in [3.63, 3.8) is 0 Å². The Balaban J connectivity index is 2.37. The predicted octanol–water partition coefficient (Wildman–Crippen LogP) is 1.04. The second-order valence-corrected chi connectivity index (χ2v) is 5.06. The van der Waals surface area contributed by atoms with Crippen molar-refractivity contribution in [2.24, 2.45) is 10.9 Å². The molecule has 22 heavy (non-hydrogen) atoms. The quantitative estimate of drug-likeness (QED) is 0.543. The molecule has 1 atom stereocenters. The highest BCUT2D eigenvalue weighted by molar-refractivity contribution is 6.16. The lowest BCUT2D eigenvalue weighted by atomic mass is 9.96. The zero-order valence-electron chi connectivity index (χ0n) is 13.5. The first-order chi connectivity index (χ1) is 10.5. The zero-order chi connectivity index (χ0) is 16.3. The molecule has 0 spiro atoms. The van der Waals surface area contributed by atoms with Gasteiger partial charge in [-0.2, -0.15) is 9.48 Å². The number of fused-ring (bicyclic) bond motifs is 1. The maximum absolute atomic E-state index is 12.8. The molecular formula is C15H22N3O4+. The molecule has 2 aliphatic rings. The third-order valence-electron chi connectivity index (χ3n) is 3.64. The van der Waals surface area contributed by atoms with Crippen molar-refractivity contribution in [3.05, 3.63) is 11.3 Å². The molecule has 0 radical (unpaired) electrons. The summed E-state index contributed by atoms with van der Waals surface area (Å²) in [7, 11) is 1.62. The first-order valence-electron chi connectivity index (χ1n) is 7.44. The molecule has 120 valence electrons. The predicted molar refractivity (Wildman–Crippen MR) is 81.1 cm³/mol. The number of imide groups is 1. The van der Waals surface area contributed by atoms with Gasteiger partial charge in [-0.3, -0.25) is 4.79 Å². The van der Waals surface area contributed by atoms with Crippen molar-refractivity contribution in [1.82, 2.24) is 4.90 Å². The highest BCUT2D eigenvalue weighted by Crippen LogP contribution is 2.27. The smallest absolute Gasteiger partial charge is 0.445 e. The third-order valence-corrected chi connectivity index (χ3v) is 3.64. The highest BCUT2D eigenvalue weighted by atomic mass is 16.5. The number of dihydropyridines is 1. The van der Waals surface area contributed by atoms with E-state index in [0.29, 0.717) is 31.4 Å². The molecule has 0 aromatic heterocycles. The van der Waals surface area contributed by atoms with Crippen molar-refractivity contribution in [3.8, 4) is 0 Å². The number of amidine groups is 1. The van der Waals surface area contributed by atoms with E-state index in [1.165, 1.54) is 9.48 Å². The van der Waals surface area contributed by atoms with Crippen molar-refractivity contribution in [2.75, 3.05) is 33.4 Å². The Morgan fingerprint density at radius 3 is 2.68 bits per heavy atom. The fourth-order valence-corrected chi connectivity index (χ4v) is 2.54. The van der Waals surface area contributed by atoms with Crippen molar-refractivity contribution >= 4 is 24.0 Å². The lowest BCUT2D eigenvalue weighted by Crippen LogP contribution is -2.55. The normalized spacial score (nSPS) is 21.6. The van der Waals surface area contributed by atoms with Crippen LogP contribution in [0.3, 0.4) is 0 Å². The van der Waals surface area contributed by atoms with Gasteiger partial charge in [-0.25, -0.2) is 4.79 Å². The Morgan fingerprint density at radius 2 is 2.05 bits per heavy atom. The van der Waals surface area contributed by atoms with Crippen molar-refractivity contribution < 1.29 is 23.6 Å². The summed E-state index contributed by atoms with van der Waals surface area (Å²) in [6.45, 7) is 7.11. The minimum atomic E-state index is -0.658. The Hall–Kier alpha value is -2.02. The lowest BCUT2D eigenvalue weighted by molar-refractivity contribution is -0.408. The molecule has 0 fully saturated rings. The van der Waals surface area contributed by atoms with Crippen LogP contribution in [0.5, 0.6) is 0 Å². The molecule has 0 aromatic carbocycles. The molecule has 0 bridgehead atoms. The van der Waals surface area contributed by atoms with Gasteiger partial charge in [-0.1, -0.05) is 0 Å². The van der Waals surface area contributed by atoms with Crippen LogP contribution in [0.15, 0.2) is 16.3 Å². The Labute approximate surface area is 129 Å². The second kappa shape index (κ2) is 6.83. The molecule has 2 aliphatic heterocycles. The molecule has 0 saturated carbocycles. The molecule has 2 rings (SSSR count). The summed E-state index contributed by atoms with van der Waals surface area (Å²) in [6, 6.07) is -0.386. The van der Waals surface area contributed by atoms with E-state index in [9.17, 15) is 9.59 Å². The standard InChI is InChI=1S/C15H22N3O4/c1-5-21-8-7-18-14(19)11-12(22-6-2)10(3)9-16-13(11)17(4)15(18)20/h9,11H,5-8H2,1-4H3/q+1. The zero-order valence-corrected chi connectivity index (χ0v) is 13.5. The molecular weight excluding hydrogens is 286 g/mol. The van der Waals surface area contributed by atoms with Crippen LogP contribution in [0.2, 0.25) is 0 Å². The van der Waals surface area contributed by atoms with Crippen LogP contribution < -0.4 is 0 Å². The lowest BCUT2D eigenvalue weighted by Gasteiger charge is -2.29. The van der Waals surface area contributed by atoms with E-state index < -0.39 is 5.92 Å². The Morgan fingerprint density at radius 1 is 1.32 bits per heavy atom. The number of ether oxygens (including phenoxy) is 2. The first kappa shape index (κ1) is 16.4. The van der Waals surface area contributed by atoms with Crippen LogP contribution >= 0.6 is 0 Å². The van der Waals surface area contributed by atoms with E-state index in [2.05, 4.69) is 4.99 Å². The number of allylic oxidation sites excluding steroid dienone is 1. The van der Waals surface area contributed by atoms with E-state index in [4.69, 9.17) is 9.47 Å². The summed E-state index contributed by atoms with van der Waals surface area (Å²) in [5.74, 6) is 0.0155. The van der Waals surface area contributed by atoms with Gasteiger partial charge < -0.3 is 9.47 Å². The summed E-state index contributed by atoms with van der Waals surface area (Å²) in [6.07, 6.45) is 1.63. The highest BCUT2D eigenvalue weighted by Gasteiger charge is 2.50. The number of carbonyl (C=O) groups excluding carboxylic acids is 2. The number of nitrogens with zero attached hydrogens (tertiary/aromatic N) is 3. The number of hydrogen-bond donors (Lipinski definition) is 0. The number of urea groups is 1. The maximum atomic E-state index is 12.8. The fourth-order valence-electron chi connectivity index (χ4n) is 2.54. The van der Waals surface area contributed by atoms with E-state index in [1.54, 1.807) is 13.3 Å². The van der Waals surface area contributed by atoms with Gasteiger partial charge in [0.25, 0.3) is 5.84 Å². The van der Waals surface area contributed by atoms with Gasteiger partial charge in [0.1, 0.15) is 12.0 Å². The molecule has 7 nitrogen and oxygen atoms in total. The van der Waals surface area contributed by atoms with Gasteiger partial charge in [0.05, 0.1) is 26.8 Å². The van der Waals surface area contributed by atoms with Crippen molar-refractivity contribution in [1.29, 1.82) is 0 Å². The fraction of sp³-hybridized carbons (Fsp3) is 0.600. The molecule has 0 N–H and O–H groups in total. The van der Waals surface area contributed by atoms with Gasteiger partial charge in [0.2, 0.25) is 0 Å². The molecule has 2 heterocycles. The number of carbonyl (C=O) groups is 2. The van der Waals surface area contributed by atoms with Gasteiger partial charge >= 0.3 is 11.9 Å². The van der Waals surface area contributed by atoms with Crippen LogP contribution in [0.4, 0.5) is 4.79 Å². The van der Waals surface area contributed by atoms with Crippen LogP contribution in [-0.4, -0.2) is 66.9 Å². The summed E-state index contributed by atoms with van der Waals surface area (Å²) < 4.78 is 12.3. The molecule has 3 amide bonds. The van der Waals surface area contributed by atoms with Crippen molar-refractivity contribution in [2.45, 2.75) is 20.8 Å². The monoisotopic (exact) mass is 308 g/mol. The minimum absolute atomic E-state index is 0.224. The van der Waals surface area contributed by atoms with Gasteiger partial charge in [0, 0.05) is 12.2 Å². The van der Waals surface area contributed by atoms with Crippen LogP contribution in [0, 0.1) is 5.92 Å². The van der Waals surface area contributed by atoms with Crippen LogP contribution in [0.25, 0.3) is 0 Å². The number of amides is 3. The number of rotatable bonds is 6. The van der Waals surface area contributed by atoms with Gasteiger partial charge in [-0.15, -0.1) is 4.99 Å². The summed E-state index contributed by atoms with van der Waals surface area (Å²) in [5.41, 5.74) is 0.802. The summed E-state index contributed by atoms with van der Waals surface area (Å²) in [4.78, 5) is 30.6. The topological polar surface area (TPSA) is 71.2 Å². The van der Waals surface area contributed by atoms with Crippen LogP contribution in [0.1, 0.15) is 20.8 Å². The largest absolute Gasteiger partial charge is 0.496 e.